The summed E-state index contributed by atoms with van der Waals surface area (Å²) in [5.74, 6) is 0.969. The van der Waals surface area contributed by atoms with Crippen LogP contribution in [0.25, 0.3) is 0 Å². The molecule has 1 aliphatic rings. The van der Waals surface area contributed by atoms with Crippen LogP contribution < -0.4 is 11.1 Å². The first-order valence-corrected chi connectivity index (χ1v) is 7.83. The second kappa shape index (κ2) is 8.05. The molecule has 1 aromatic rings. The summed E-state index contributed by atoms with van der Waals surface area (Å²) in [6.07, 6.45) is 7.77. The highest BCUT2D eigenvalue weighted by atomic mass is 16.1. The first-order chi connectivity index (χ1) is 9.75. The summed E-state index contributed by atoms with van der Waals surface area (Å²) in [6, 6.07) is 9.93. The number of rotatable bonds is 7. The molecule has 0 aromatic heterocycles. The molecule has 1 fully saturated rings. The van der Waals surface area contributed by atoms with Gasteiger partial charge in [0.2, 0.25) is 5.91 Å². The molecule has 2 rings (SSSR count). The van der Waals surface area contributed by atoms with Crippen LogP contribution in [-0.2, 0) is 4.79 Å². The Morgan fingerprint density at radius 1 is 1.25 bits per heavy atom. The molecule has 0 heterocycles. The normalized spacial score (nSPS) is 17.1. The lowest BCUT2D eigenvalue weighted by Gasteiger charge is -2.13. The minimum atomic E-state index is -0.0446. The molecule has 1 amide bonds. The molecule has 0 spiro atoms. The van der Waals surface area contributed by atoms with Crippen molar-refractivity contribution >= 4 is 5.91 Å². The van der Waals surface area contributed by atoms with Crippen LogP contribution in [0, 0.1) is 5.92 Å². The van der Waals surface area contributed by atoms with E-state index >= 15 is 0 Å². The Hall–Kier alpha value is -1.35. The van der Waals surface area contributed by atoms with E-state index in [1.807, 2.05) is 30.3 Å². The minimum Gasteiger partial charge on any atom is -0.356 e. The number of hydrogen-bond acceptors (Lipinski definition) is 2. The third-order valence-corrected chi connectivity index (χ3v) is 4.26. The number of carbonyl (C=O) groups excluding carboxylic acids is 1. The first kappa shape index (κ1) is 15.0. The first-order valence-electron chi connectivity index (χ1n) is 7.83. The molecule has 0 bridgehead atoms. The fraction of sp³-hybridized carbons (Fsp3) is 0.588. The van der Waals surface area contributed by atoms with E-state index in [4.69, 9.17) is 5.73 Å². The quantitative estimate of drug-likeness (QED) is 0.802. The standard InChI is InChI=1S/C17H26N2O/c18-16(15-8-2-1-3-9-15)10-11-17(20)19-13-12-14-6-4-5-7-14/h1-3,8-9,14,16H,4-7,10-13,18H2,(H,19,20). The molecule has 3 nitrogen and oxygen atoms in total. The van der Waals surface area contributed by atoms with Gasteiger partial charge in [0.15, 0.2) is 0 Å². The van der Waals surface area contributed by atoms with E-state index in [1.165, 1.54) is 25.7 Å². The summed E-state index contributed by atoms with van der Waals surface area (Å²) in [5, 5.41) is 3.02. The van der Waals surface area contributed by atoms with E-state index in [-0.39, 0.29) is 11.9 Å². The summed E-state index contributed by atoms with van der Waals surface area (Å²) in [6.45, 7) is 0.823. The maximum atomic E-state index is 11.8. The van der Waals surface area contributed by atoms with E-state index in [1.54, 1.807) is 0 Å². The van der Waals surface area contributed by atoms with Crippen molar-refractivity contribution in [2.24, 2.45) is 11.7 Å². The lowest BCUT2D eigenvalue weighted by Crippen LogP contribution is -2.26. The summed E-state index contributed by atoms with van der Waals surface area (Å²) in [4.78, 5) is 11.8. The van der Waals surface area contributed by atoms with Crippen LogP contribution in [0.1, 0.15) is 56.6 Å². The van der Waals surface area contributed by atoms with Gasteiger partial charge in [-0.1, -0.05) is 56.0 Å². The van der Waals surface area contributed by atoms with Crippen LogP contribution in [0.4, 0.5) is 0 Å². The molecular weight excluding hydrogens is 248 g/mol. The highest BCUT2D eigenvalue weighted by Crippen LogP contribution is 2.26. The van der Waals surface area contributed by atoms with Crippen LogP contribution in [0.2, 0.25) is 0 Å². The highest BCUT2D eigenvalue weighted by molar-refractivity contribution is 5.75. The van der Waals surface area contributed by atoms with Crippen LogP contribution in [0.5, 0.6) is 0 Å². The number of amides is 1. The SMILES string of the molecule is NC(CCC(=O)NCCC1CCCC1)c1ccccc1. The van der Waals surface area contributed by atoms with Crippen molar-refractivity contribution in [1.82, 2.24) is 5.32 Å². The zero-order valence-electron chi connectivity index (χ0n) is 12.2. The van der Waals surface area contributed by atoms with Gasteiger partial charge in [0.1, 0.15) is 0 Å². The molecule has 0 radical (unpaired) electrons. The monoisotopic (exact) mass is 274 g/mol. The molecule has 20 heavy (non-hydrogen) atoms. The summed E-state index contributed by atoms with van der Waals surface area (Å²) in [7, 11) is 0. The Bertz CT molecular complexity index is 399. The predicted molar refractivity (Wildman–Crippen MR) is 82.2 cm³/mol. The Morgan fingerprint density at radius 3 is 2.65 bits per heavy atom. The van der Waals surface area contributed by atoms with Crippen molar-refractivity contribution in [3.63, 3.8) is 0 Å². The summed E-state index contributed by atoms with van der Waals surface area (Å²) < 4.78 is 0. The fourth-order valence-corrected chi connectivity index (χ4v) is 2.96. The van der Waals surface area contributed by atoms with Crippen LogP contribution in [-0.4, -0.2) is 12.5 Å². The van der Waals surface area contributed by atoms with Crippen molar-refractivity contribution in [1.29, 1.82) is 0 Å². The van der Waals surface area contributed by atoms with Gasteiger partial charge in [0.05, 0.1) is 0 Å². The zero-order valence-corrected chi connectivity index (χ0v) is 12.2. The highest BCUT2D eigenvalue weighted by Gasteiger charge is 2.15. The van der Waals surface area contributed by atoms with E-state index in [9.17, 15) is 4.79 Å². The maximum absolute atomic E-state index is 11.8. The average Bonchev–Trinajstić information content (AvgIpc) is 2.99. The second-order valence-electron chi connectivity index (χ2n) is 5.84. The van der Waals surface area contributed by atoms with Gasteiger partial charge in [-0.2, -0.15) is 0 Å². The van der Waals surface area contributed by atoms with Gasteiger partial charge in [-0.3, -0.25) is 4.79 Å². The van der Waals surface area contributed by atoms with Gasteiger partial charge < -0.3 is 11.1 Å². The van der Waals surface area contributed by atoms with Crippen molar-refractivity contribution in [3.05, 3.63) is 35.9 Å². The van der Waals surface area contributed by atoms with Gasteiger partial charge in [-0.05, 0) is 24.3 Å². The number of benzene rings is 1. The smallest absolute Gasteiger partial charge is 0.220 e. The second-order valence-corrected chi connectivity index (χ2v) is 5.84. The van der Waals surface area contributed by atoms with Gasteiger partial charge in [-0.15, -0.1) is 0 Å². The average molecular weight is 274 g/mol. The van der Waals surface area contributed by atoms with Crippen LogP contribution in [0.3, 0.4) is 0 Å². The molecule has 1 aromatic carbocycles. The molecule has 0 aliphatic heterocycles. The molecule has 110 valence electrons. The van der Waals surface area contributed by atoms with Crippen molar-refractivity contribution in [3.8, 4) is 0 Å². The Morgan fingerprint density at radius 2 is 1.95 bits per heavy atom. The van der Waals surface area contributed by atoms with Gasteiger partial charge in [-0.25, -0.2) is 0 Å². The number of nitrogens with two attached hydrogens (primary N) is 1. The van der Waals surface area contributed by atoms with Gasteiger partial charge in [0.25, 0.3) is 0 Å². The number of nitrogens with one attached hydrogen (secondary N) is 1. The number of carbonyl (C=O) groups is 1. The largest absolute Gasteiger partial charge is 0.356 e. The van der Waals surface area contributed by atoms with Crippen LogP contribution >= 0.6 is 0 Å². The molecule has 1 saturated carbocycles. The predicted octanol–water partition coefficient (Wildman–Crippen LogP) is 3.16. The van der Waals surface area contributed by atoms with Crippen molar-refractivity contribution < 1.29 is 4.79 Å². The lowest BCUT2D eigenvalue weighted by atomic mass is 10.0. The van der Waals surface area contributed by atoms with Crippen molar-refractivity contribution in [2.45, 2.75) is 51.0 Å². The van der Waals surface area contributed by atoms with Gasteiger partial charge >= 0.3 is 0 Å². The fourth-order valence-electron chi connectivity index (χ4n) is 2.96. The molecule has 1 atom stereocenters. The Kier molecular flexibility index (Phi) is 6.06. The zero-order chi connectivity index (χ0) is 14.2. The summed E-state index contributed by atoms with van der Waals surface area (Å²) >= 11 is 0. The Balaban J connectivity index is 1.59. The third-order valence-electron chi connectivity index (χ3n) is 4.26. The topological polar surface area (TPSA) is 55.1 Å². The molecule has 1 aliphatic carbocycles. The van der Waals surface area contributed by atoms with E-state index < -0.39 is 0 Å². The van der Waals surface area contributed by atoms with Crippen LogP contribution in [0.15, 0.2) is 30.3 Å². The number of hydrogen-bond donors (Lipinski definition) is 2. The van der Waals surface area contributed by atoms with E-state index in [0.717, 1.165) is 24.4 Å². The Labute approximate surface area is 121 Å². The lowest BCUT2D eigenvalue weighted by molar-refractivity contribution is -0.121. The van der Waals surface area contributed by atoms with Gasteiger partial charge in [0, 0.05) is 19.0 Å². The summed E-state index contributed by atoms with van der Waals surface area (Å²) in [5.41, 5.74) is 7.19. The molecule has 0 saturated heterocycles. The maximum Gasteiger partial charge on any atom is 0.220 e. The van der Waals surface area contributed by atoms with E-state index in [2.05, 4.69) is 5.32 Å². The van der Waals surface area contributed by atoms with Crippen molar-refractivity contribution in [2.75, 3.05) is 6.54 Å². The molecule has 3 N–H and O–H groups in total. The minimum absolute atomic E-state index is 0.0446. The molecular formula is C17H26N2O. The molecule has 1 unspecified atom stereocenters. The van der Waals surface area contributed by atoms with E-state index in [0.29, 0.717) is 12.8 Å². The molecule has 3 heteroatoms. The third kappa shape index (κ3) is 4.97.